The Balaban J connectivity index is 1.46. The van der Waals surface area contributed by atoms with Crippen LogP contribution in [-0.4, -0.2) is 30.0 Å². The Morgan fingerprint density at radius 1 is 1.28 bits per heavy atom. The zero-order valence-corrected chi connectivity index (χ0v) is 15.8. The summed E-state index contributed by atoms with van der Waals surface area (Å²) in [7, 11) is 0. The van der Waals surface area contributed by atoms with Gasteiger partial charge in [0, 0.05) is 30.7 Å². The molecule has 1 aliphatic heterocycles. The molecule has 1 N–H and O–H groups in total. The average molecular weight is 403 g/mol. The van der Waals surface area contributed by atoms with Crippen molar-refractivity contribution in [1.29, 1.82) is 0 Å². The monoisotopic (exact) mass is 403 g/mol. The van der Waals surface area contributed by atoms with Crippen molar-refractivity contribution in [3.63, 3.8) is 0 Å². The number of nitrogens with zero attached hydrogens (tertiary/aromatic N) is 2. The molecule has 1 atom stereocenters. The summed E-state index contributed by atoms with van der Waals surface area (Å²) in [6.07, 6.45) is -1.97. The minimum absolute atomic E-state index is 0.133. The first-order valence-corrected chi connectivity index (χ1v) is 9.39. The molecule has 0 saturated carbocycles. The van der Waals surface area contributed by atoms with E-state index in [2.05, 4.69) is 10.3 Å². The lowest BCUT2D eigenvalue weighted by Crippen LogP contribution is -2.48. The summed E-state index contributed by atoms with van der Waals surface area (Å²) < 4.78 is 43.9. The fourth-order valence-corrected chi connectivity index (χ4v) is 3.68. The number of aromatic nitrogens is 1. The molecule has 1 aliphatic rings. The third kappa shape index (κ3) is 4.06. The number of hydrogen-bond donors (Lipinski definition) is 1. The molecule has 0 spiro atoms. The molecule has 1 unspecified atom stereocenters. The maximum absolute atomic E-state index is 12.8. The summed E-state index contributed by atoms with van der Waals surface area (Å²) in [5, 5.41) is 3.89. The number of carbonyl (C=O) groups excluding carboxylic acids is 1. The number of pyridine rings is 1. The van der Waals surface area contributed by atoms with Crippen LogP contribution in [0.15, 0.2) is 47.0 Å². The smallest absolute Gasteiger partial charge is 0.417 e. The number of amides is 1. The highest BCUT2D eigenvalue weighted by Gasteiger charge is 2.31. The second kappa shape index (κ2) is 7.42. The number of nitrogens with one attached hydrogen (secondary N) is 1. The predicted molar refractivity (Wildman–Crippen MR) is 103 cm³/mol. The van der Waals surface area contributed by atoms with Crippen LogP contribution < -0.4 is 10.2 Å². The molecule has 1 amide bonds. The van der Waals surface area contributed by atoms with E-state index >= 15 is 0 Å². The molecular weight excluding hydrogens is 383 g/mol. The lowest BCUT2D eigenvalue weighted by atomic mass is 10.0. The number of para-hydroxylation sites is 1. The minimum atomic E-state index is -4.41. The van der Waals surface area contributed by atoms with E-state index in [0.29, 0.717) is 30.1 Å². The largest absolute Gasteiger partial charge is 0.461 e. The average Bonchev–Trinajstić information content (AvgIpc) is 3.07. The number of anilines is 1. The molecular formula is C21H20F3N3O2. The van der Waals surface area contributed by atoms with Crippen molar-refractivity contribution in [2.75, 3.05) is 18.0 Å². The molecule has 152 valence electrons. The van der Waals surface area contributed by atoms with Crippen molar-refractivity contribution in [2.45, 2.75) is 32.0 Å². The molecule has 0 aliphatic carbocycles. The van der Waals surface area contributed by atoms with Gasteiger partial charge < -0.3 is 14.6 Å². The van der Waals surface area contributed by atoms with E-state index in [1.54, 1.807) is 6.07 Å². The van der Waals surface area contributed by atoms with Gasteiger partial charge in [0.1, 0.15) is 17.2 Å². The van der Waals surface area contributed by atoms with Crippen LogP contribution in [0.1, 0.15) is 34.5 Å². The van der Waals surface area contributed by atoms with E-state index in [1.807, 2.05) is 30.0 Å². The number of piperidine rings is 1. The fourth-order valence-electron chi connectivity index (χ4n) is 3.68. The zero-order valence-electron chi connectivity index (χ0n) is 15.8. The van der Waals surface area contributed by atoms with E-state index in [-0.39, 0.29) is 11.9 Å². The van der Waals surface area contributed by atoms with Crippen molar-refractivity contribution < 1.29 is 22.4 Å². The van der Waals surface area contributed by atoms with Crippen LogP contribution in [0.5, 0.6) is 0 Å². The van der Waals surface area contributed by atoms with Gasteiger partial charge in [-0.1, -0.05) is 12.1 Å². The molecule has 3 aromatic rings. The minimum Gasteiger partial charge on any atom is -0.461 e. The first kappa shape index (κ1) is 19.3. The summed E-state index contributed by atoms with van der Waals surface area (Å²) in [6, 6.07) is 9.58. The number of rotatable bonds is 3. The van der Waals surface area contributed by atoms with Gasteiger partial charge >= 0.3 is 6.18 Å². The van der Waals surface area contributed by atoms with Gasteiger partial charge in [0.15, 0.2) is 0 Å². The number of carbonyl (C=O) groups is 1. The fraction of sp³-hybridized carbons (Fsp3) is 0.333. The van der Waals surface area contributed by atoms with Crippen LogP contribution in [-0.2, 0) is 6.18 Å². The van der Waals surface area contributed by atoms with Crippen LogP contribution in [0.2, 0.25) is 0 Å². The van der Waals surface area contributed by atoms with Gasteiger partial charge in [0.2, 0.25) is 0 Å². The standard InChI is InChI=1S/C21H20F3N3O2/c1-13-10-14-4-2-6-17(19(14)29-13)20(28)26-16-5-3-9-27(12-16)18-8-7-15(11-25-18)21(22,23)24/h2,4,6-8,10-11,16H,3,5,9,12H2,1H3,(H,26,28). The summed E-state index contributed by atoms with van der Waals surface area (Å²) in [5.74, 6) is 0.982. The molecule has 2 aromatic heterocycles. The number of hydrogen-bond acceptors (Lipinski definition) is 4. The molecule has 3 heterocycles. The SMILES string of the molecule is Cc1cc2cccc(C(=O)NC3CCCN(c4ccc(C(F)(F)F)cn4)C3)c2o1. The summed E-state index contributed by atoms with van der Waals surface area (Å²) in [4.78, 5) is 18.7. The van der Waals surface area contributed by atoms with Crippen molar-refractivity contribution in [1.82, 2.24) is 10.3 Å². The topological polar surface area (TPSA) is 58.4 Å². The number of benzene rings is 1. The van der Waals surface area contributed by atoms with Crippen LogP contribution in [0.25, 0.3) is 11.0 Å². The Bertz CT molecular complexity index is 1030. The maximum Gasteiger partial charge on any atom is 0.417 e. The Hall–Kier alpha value is -3.03. The van der Waals surface area contributed by atoms with Crippen molar-refractivity contribution in [2.24, 2.45) is 0 Å². The first-order chi connectivity index (χ1) is 13.8. The number of alkyl halides is 3. The van der Waals surface area contributed by atoms with Gasteiger partial charge in [0.05, 0.1) is 11.1 Å². The van der Waals surface area contributed by atoms with Crippen molar-refractivity contribution in [3.05, 3.63) is 59.5 Å². The van der Waals surface area contributed by atoms with Crippen LogP contribution in [0.4, 0.5) is 19.0 Å². The lowest BCUT2D eigenvalue weighted by molar-refractivity contribution is -0.137. The summed E-state index contributed by atoms with van der Waals surface area (Å²) in [6.45, 7) is 2.99. The third-order valence-electron chi connectivity index (χ3n) is 5.07. The van der Waals surface area contributed by atoms with Crippen molar-refractivity contribution in [3.8, 4) is 0 Å². The van der Waals surface area contributed by atoms with E-state index in [1.165, 1.54) is 6.07 Å². The van der Waals surface area contributed by atoms with Crippen LogP contribution in [0, 0.1) is 6.92 Å². The molecule has 29 heavy (non-hydrogen) atoms. The molecule has 0 radical (unpaired) electrons. The predicted octanol–water partition coefficient (Wildman–Crippen LogP) is 4.55. The molecule has 4 rings (SSSR count). The highest BCUT2D eigenvalue weighted by atomic mass is 19.4. The summed E-state index contributed by atoms with van der Waals surface area (Å²) >= 11 is 0. The Labute approximate surface area is 165 Å². The molecule has 1 fully saturated rings. The van der Waals surface area contributed by atoms with Crippen LogP contribution in [0.3, 0.4) is 0 Å². The molecule has 5 nitrogen and oxygen atoms in total. The highest BCUT2D eigenvalue weighted by molar-refractivity contribution is 6.05. The van der Waals surface area contributed by atoms with Gasteiger partial charge in [-0.25, -0.2) is 4.98 Å². The van der Waals surface area contributed by atoms with E-state index in [4.69, 9.17) is 4.42 Å². The quantitative estimate of drug-likeness (QED) is 0.697. The van der Waals surface area contributed by atoms with Gasteiger partial charge in [-0.2, -0.15) is 13.2 Å². The number of fused-ring (bicyclic) bond motifs is 1. The Morgan fingerprint density at radius 3 is 2.83 bits per heavy atom. The number of halogens is 3. The maximum atomic E-state index is 12.8. The molecule has 0 bridgehead atoms. The highest BCUT2D eigenvalue weighted by Crippen LogP contribution is 2.30. The molecule has 8 heteroatoms. The Kier molecular flexibility index (Phi) is 4.94. The van der Waals surface area contributed by atoms with Gasteiger partial charge in [-0.05, 0) is 44.0 Å². The van der Waals surface area contributed by atoms with Gasteiger partial charge in [-0.3, -0.25) is 4.79 Å². The lowest BCUT2D eigenvalue weighted by Gasteiger charge is -2.34. The van der Waals surface area contributed by atoms with Crippen LogP contribution >= 0.6 is 0 Å². The number of furan rings is 1. The third-order valence-corrected chi connectivity index (χ3v) is 5.07. The van der Waals surface area contributed by atoms with E-state index < -0.39 is 11.7 Å². The van der Waals surface area contributed by atoms with Gasteiger partial charge in [0.25, 0.3) is 5.91 Å². The second-order valence-corrected chi connectivity index (χ2v) is 7.24. The normalized spacial score (nSPS) is 17.5. The summed E-state index contributed by atoms with van der Waals surface area (Å²) in [5.41, 5.74) is 0.255. The zero-order chi connectivity index (χ0) is 20.6. The first-order valence-electron chi connectivity index (χ1n) is 9.39. The number of aryl methyl sites for hydroxylation is 1. The molecule has 1 saturated heterocycles. The second-order valence-electron chi connectivity index (χ2n) is 7.24. The van der Waals surface area contributed by atoms with Gasteiger partial charge in [-0.15, -0.1) is 0 Å². The Morgan fingerprint density at radius 2 is 2.10 bits per heavy atom. The van der Waals surface area contributed by atoms with Crippen molar-refractivity contribution >= 4 is 22.7 Å². The molecule has 1 aromatic carbocycles. The van der Waals surface area contributed by atoms with E-state index in [0.717, 1.165) is 36.3 Å². The van der Waals surface area contributed by atoms with E-state index in [9.17, 15) is 18.0 Å².